The van der Waals surface area contributed by atoms with Gasteiger partial charge in [-0.2, -0.15) is 0 Å². The van der Waals surface area contributed by atoms with Crippen LogP contribution in [0, 0.1) is 27.7 Å². The summed E-state index contributed by atoms with van der Waals surface area (Å²) in [4.78, 5) is 12.5. The molecule has 28 heavy (non-hydrogen) atoms. The Kier molecular flexibility index (Phi) is 8.50. The largest absolute Gasteiger partial charge is 0.507 e. The number of hydrogen-bond acceptors (Lipinski definition) is 3. The van der Waals surface area contributed by atoms with E-state index in [1.54, 1.807) is 36.4 Å². The third-order valence-electron chi connectivity index (χ3n) is 4.87. The molecule has 3 rings (SSSR count). The molecule has 0 amide bonds. The molecule has 3 aromatic rings. The van der Waals surface area contributed by atoms with Crippen molar-refractivity contribution in [2.24, 2.45) is 0 Å². The maximum Gasteiger partial charge on any atom is 0.343 e. The van der Waals surface area contributed by atoms with Crippen LogP contribution in [0.3, 0.4) is 0 Å². The van der Waals surface area contributed by atoms with E-state index in [2.05, 4.69) is 0 Å². The molecule has 0 bridgehead atoms. The number of hydrogen-bond donors (Lipinski definition) is 1. The molecule has 0 saturated heterocycles. The van der Waals surface area contributed by atoms with Gasteiger partial charge in [0.15, 0.2) is 0 Å². The fraction of sp³-hybridized carbons (Fsp3) is 0.174. The quantitative estimate of drug-likeness (QED) is 0.318. The first-order chi connectivity index (χ1) is 12.4. The van der Waals surface area contributed by atoms with E-state index < -0.39 is 5.97 Å². The summed E-state index contributed by atoms with van der Waals surface area (Å²) < 4.78 is 5.72. The van der Waals surface area contributed by atoms with Gasteiger partial charge in [-0.15, -0.1) is 12.4 Å². The number of phenolic OH excluding ortho intramolecular Hbond substituents is 1. The Hall–Kier alpha value is -2.07. The molecule has 0 aliphatic carbocycles. The summed E-state index contributed by atoms with van der Waals surface area (Å²) in [5.41, 5.74) is 6.04. The first kappa shape index (κ1) is 24.0. The average molecular weight is 431 g/mol. The number of halogens is 1. The summed E-state index contributed by atoms with van der Waals surface area (Å²) in [6.45, 7) is 7.95. The average Bonchev–Trinajstić information content (AvgIpc) is 2.64. The van der Waals surface area contributed by atoms with Crippen LogP contribution in [0.15, 0.2) is 54.6 Å². The SMILES string of the molecule is Cc1ccc(O)c(-c2c(OC(=O)c3ccccc3)ccc(C)c2C)c1C.Cl.[Ti]. The molecule has 0 aliphatic rings. The number of aryl methyl sites for hydroxylation is 2. The van der Waals surface area contributed by atoms with Gasteiger partial charge >= 0.3 is 5.97 Å². The van der Waals surface area contributed by atoms with Crippen molar-refractivity contribution in [1.82, 2.24) is 0 Å². The molecule has 0 unspecified atom stereocenters. The molecule has 0 aliphatic heterocycles. The van der Waals surface area contributed by atoms with E-state index in [9.17, 15) is 9.90 Å². The zero-order valence-corrected chi connectivity index (χ0v) is 18.7. The second kappa shape index (κ2) is 9.93. The van der Waals surface area contributed by atoms with Crippen molar-refractivity contribution in [2.75, 3.05) is 0 Å². The first-order valence-electron chi connectivity index (χ1n) is 8.57. The molecule has 144 valence electrons. The van der Waals surface area contributed by atoms with Crippen molar-refractivity contribution >= 4 is 18.4 Å². The van der Waals surface area contributed by atoms with Crippen molar-refractivity contribution in [3.63, 3.8) is 0 Å². The number of ether oxygens (including phenoxy) is 1. The van der Waals surface area contributed by atoms with Crippen LogP contribution in [0.25, 0.3) is 11.1 Å². The summed E-state index contributed by atoms with van der Waals surface area (Å²) in [5, 5.41) is 10.5. The number of aromatic hydroxyl groups is 1. The molecule has 0 aromatic heterocycles. The van der Waals surface area contributed by atoms with E-state index in [-0.39, 0.29) is 39.9 Å². The Balaban J connectivity index is 0.00000196. The van der Waals surface area contributed by atoms with Crippen molar-refractivity contribution in [2.45, 2.75) is 27.7 Å². The zero-order valence-electron chi connectivity index (χ0n) is 16.4. The molecular weight excluding hydrogens is 408 g/mol. The van der Waals surface area contributed by atoms with Crippen LogP contribution in [0.5, 0.6) is 11.5 Å². The number of phenols is 1. The minimum atomic E-state index is -0.417. The van der Waals surface area contributed by atoms with E-state index in [1.165, 1.54) is 0 Å². The molecular formula is C23H23ClO3Ti. The minimum absolute atomic E-state index is 0. The van der Waals surface area contributed by atoms with Gasteiger partial charge in [0.2, 0.25) is 0 Å². The molecule has 1 N–H and O–H groups in total. The van der Waals surface area contributed by atoms with E-state index in [0.717, 1.165) is 27.8 Å². The van der Waals surface area contributed by atoms with Crippen LogP contribution < -0.4 is 4.74 Å². The Labute approximate surface area is 187 Å². The molecule has 0 spiro atoms. The van der Waals surface area contributed by atoms with Crippen LogP contribution in [-0.4, -0.2) is 11.1 Å². The molecule has 0 radical (unpaired) electrons. The van der Waals surface area contributed by atoms with Gasteiger partial charge in [0, 0.05) is 32.8 Å². The Morgan fingerprint density at radius 2 is 1.32 bits per heavy atom. The van der Waals surface area contributed by atoms with E-state index in [1.807, 2.05) is 45.9 Å². The molecule has 0 saturated carbocycles. The number of benzene rings is 3. The number of rotatable bonds is 3. The molecule has 3 aromatic carbocycles. The topological polar surface area (TPSA) is 46.5 Å². The molecule has 0 atom stereocenters. The summed E-state index contributed by atoms with van der Waals surface area (Å²) in [6.07, 6.45) is 0. The summed E-state index contributed by atoms with van der Waals surface area (Å²) >= 11 is 0. The second-order valence-corrected chi connectivity index (χ2v) is 6.54. The van der Waals surface area contributed by atoms with Gasteiger partial charge in [0.1, 0.15) is 11.5 Å². The van der Waals surface area contributed by atoms with Crippen molar-refractivity contribution in [3.8, 4) is 22.6 Å². The van der Waals surface area contributed by atoms with Gasteiger partial charge < -0.3 is 9.84 Å². The van der Waals surface area contributed by atoms with Crippen molar-refractivity contribution < 1.29 is 36.4 Å². The van der Waals surface area contributed by atoms with Crippen LogP contribution in [-0.2, 0) is 21.7 Å². The molecule has 5 heteroatoms. The second-order valence-electron chi connectivity index (χ2n) is 6.54. The minimum Gasteiger partial charge on any atom is -0.507 e. The molecule has 3 nitrogen and oxygen atoms in total. The van der Waals surface area contributed by atoms with Crippen molar-refractivity contribution in [3.05, 3.63) is 82.4 Å². The van der Waals surface area contributed by atoms with Gasteiger partial charge in [-0.1, -0.05) is 30.3 Å². The zero-order chi connectivity index (χ0) is 18.8. The summed E-state index contributed by atoms with van der Waals surface area (Å²) in [7, 11) is 0. The van der Waals surface area contributed by atoms with E-state index >= 15 is 0 Å². The fourth-order valence-electron chi connectivity index (χ4n) is 3.04. The third kappa shape index (κ3) is 4.67. The van der Waals surface area contributed by atoms with E-state index in [0.29, 0.717) is 16.9 Å². The van der Waals surface area contributed by atoms with Gasteiger partial charge in [0.05, 0.1) is 5.56 Å². The monoisotopic (exact) mass is 430 g/mol. The maximum atomic E-state index is 12.5. The van der Waals surface area contributed by atoms with Crippen LogP contribution in [0.4, 0.5) is 0 Å². The molecule has 0 heterocycles. The standard InChI is InChI=1S/C23H22O3.ClH.Ti/c1-14-10-12-19(24)21(16(14)3)22-17(4)15(2)11-13-20(22)26-23(25)18-8-6-5-7-9-18;;/h5-13,24H,1-4H3;1H;. The van der Waals surface area contributed by atoms with Crippen molar-refractivity contribution in [1.29, 1.82) is 0 Å². The van der Waals surface area contributed by atoms with Crippen LogP contribution >= 0.6 is 12.4 Å². The van der Waals surface area contributed by atoms with Gasteiger partial charge in [-0.3, -0.25) is 0 Å². The predicted molar refractivity (Wildman–Crippen MR) is 111 cm³/mol. The van der Waals surface area contributed by atoms with Gasteiger partial charge in [0.25, 0.3) is 0 Å². The Bertz CT molecular complexity index is 985. The van der Waals surface area contributed by atoms with Crippen LogP contribution in [0.2, 0.25) is 0 Å². The predicted octanol–water partition coefficient (Wildman–Crippen LogP) is 5.93. The summed E-state index contributed by atoms with van der Waals surface area (Å²) in [6, 6.07) is 16.2. The molecule has 0 fully saturated rings. The van der Waals surface area contributed by atoms with Gasteiger partial charge in [-0.05, 0) is 74.2 Å². The van der Waals surface area contributed by atoms with Gasteiger partial charge in [-0.25, -0.2) is 4.79 Å². The number of esters is 1. The fourth-order valence-corrected chi connectivity index (χ4v) is 3.04. The first-order valence-corrected chi connectivity index (χ1v) is 8.57. The smallest absolute Gasteiger partial charge is 0.343 e. The van der Waals surface area contributed by atoms with Crippen LogP contribution in [0.1, 0.15) is 32.6 Å². The number of carbonyl (C=O) groups excluding carboxylic acids is 1. The van der Waals surface area contributed by atoms with E-state index in [4.69, 9.17) is 4.74 Å². The normalized spacial score (nSPS) is 9.86. The summed E-state index contributed by atoms with van der Waals surface area (Å²) in [5.74, 6) is 0.213. The number of carbonyl (C=O) groups is 1. The Morgan fingerprint density at radius 3 is 1.93 bits per heavy atom. The maximum absolute atomic E-state index is 12.5. The third-order valence-corrected chi connectivity index (χ3v) is 4.87. The Morgan fingerprint density at radius 1 is 0.786 bits per heavy atom.